The SMILES string of the molecule is OCC1O[C@@H](c2ccc(Cl)c(CC3=CC=C(OCC4(F)COC4)CC3I)c2)[C@H](O)[C@@H](O)[C@@H]1O. The number of rotatable bonds is 7. The van der Waals surface area contributed by atoms with Crippen molar-refractivity contribution in [3.8, 4) is 0 Å². The summed E-state index contributed by atoms with van der Waals surface area (Å²) in [5, 5.41) is 40.6. The Morgan fingerprint density at radius 1 is 1.15 bits per heavy atom. The van der Waals surface area contributed by atoms with Crippen molar-refractivity contribution in [1.82, 2.24) is 0 Å². The molecule has 2 saturated heterocycles. The molecular weight excluding hydrogens is 570 g/mol. The second-order valence-electron chi connectivity index (χ2n) is 8.76. The zero-order valence-electron chi connectivity index (χ0n) is 17.7. The minimum absolute atomic E-state index is 0.0155. The molecule has 10 heteroatoms. The van der Waals surface area contributed by atoms with Crippen LogP contribution in [0.4, 0.5) is 4.39 Å². The molecule has 1 aromatic rings. The highest BCUT2D eigenvalue weighted by Crippen LogP contribution is 2.36. The summed E-state index contributed by atoms with van der Waals surface area (Å²) in [6, 6.07) is 5.20. The second-order valence-corrected chi connectivity index (χ2v) is 10.7. The summed E-state index contributed by atoms with van der Waals surface area (Å²) < 4.78 is 30.5. The molecule has 4 N–H and O–H groups in total. The summed E-state index contributed by atoms with van der Waals surface area (Å²) >= 11 is 8.76. The van der Waals surface area contributed by atoms with E-state index in [1.165, 1.54) is 0 Å². The average Bonchev–Trinajstić information content (AvgIpc) is 2.78. The van der Waals surface area contributed by atoms with Crippen molar-refractivity contribution in [2.45, 2.75) is 53.0 Å². The fourth-order valence-electron chi connectivity index (χ4n) is 4.09. The van der Waals surface area contributed by atoms with Crippen molar-refractivity contribution >= 4 is 34.2 Å². The van der Waals surface area contributed by atoms with Gasteiger partial charge in [-0.3, -0.25) is 0 Å². The van der Waals surface area contributed by atoms with Crippen LogP contribution in [0.15, 0.2) is 41.7 Å². The molecule has 0 radical (unpaired) electrons. The largest absolute Gasteiger partial charge is 0.494 e. The lowest BCUT2D eigenvalue weighted by Gasteiger charge is -2.40. The van der Waals surface area contributed by atoms with E-state index in [1.807, 2.05) is 12.2 Å². The van der Waals surface area contributed by atoms with Gasteiger partial charge in [0.2, 0.25) is 0 Å². The molecule has 2 heterocycles. The highest BCUT2D eigenvalue weighted by Gasteiger charge is 2.44. The number of aliphatic hydroxyl groups excluding tert-OH is 4. The molecule has 7 nitrogen and oxygen atoms in total. The fraction of sp³-hybridized carbons (Fsp3) is 0.565. The summed E-state index contributed by atoms with van der Waals surface area (Å²) in [7, 11) is 0. The Labute approximate surface area is 209 Å². The van der Waals surface area contributed by atoms with Crippen molar-refractivity contribution in [2.75, 3.05) is 26.4 Å². The highest BCUT2D eigenvalue weighted by molar-refractivity contribution is 14.1. The van der Waals surface area contributed by atoms with E-state index in [2.05, 4.69) is 22.6 Å². The fourth-order valence-corrected chi connectivity index (χ4v) is 5.14. The van der Waals surface area contributed by atoms with E-state index in [-0.39, 0.29) is 23.7 Å². The smallest absolute Gasteiger partial charge is 0.190 e. The first kappa shape index (κ1) is 25.3. The number of hydrogen-bond acceptors (Lipinski definition) is 7. The van der Waals surface area contributed by atoms with Gasteiger partial charge in [0.25, 0.3) is 0 Å². The molecule has 4 rings (SSSR count). The first-order valence-corrected chi connectivity index (χ1v) is 12.3. The van der Waals surface area contributed by atoms with Crippen molar-refractivity contribution in [2.24, 2.45) is 0 Å². The lowest BCUT2D eigenvalue weighted by atomic mass is 9.89. The van der Waals surface area contributed by atoms with Crippen molar-refractivity contribution in [1.29, 1.82) is 0 Å². The topological polar surface area (TPSA) is 109 Å². The van der Waals surface area contributed by atoms with Crippen LogP contribution in [0.2, 0.25) is 5.02 Å². The quantitative estimate of drug-likeness (QED) is 0.282. The van der Waals surface area contributed by atoms with E-state index in [0.717, 1.165) is 16.9 Å². The van der Waals surface area contributed by atoms with Gasteiger partial charge in [0.05, 0.1) is 25.6 Å². The molecule has 2 unspecified atom stereocenters. The molecule has 0 bridgehead atoms. The number of halogens is 3. The van der Waals surface area contributed by atoms with E-state index in [4.69, 9.17) is 25.8 Å². The van der Waals surface area contributed by atoms with E-state index >= 15 is 0 Å². The Kier molecular flexibility index (Phi) is 8.01. The lowest BCUT2D eigenvalue weighted by Crippen LogP contribution is -2.55. The lowest BCUT2D eigenvalue weighted by molar-refractivity contribution is -0.231. The Bertz CT molecular complexity index is 920. The molecule has 0 aromatic heterocycles. The predicted molar refractivity (Wildman–Crippen MR) is 127 cm³/mol. The Morgan fingerprint density at radius 3 is 2.55 bits per heavy atom. The third-order valence-corrected chi connectivity index (χ3v) is 7.80. The first-order chi connectivity index (χ1) is 15.7. The minimum atomic E-state index is -1.45. The van der Waals surface area contributed by atoms with Gasteiger partial charge in [-0.25, -0.2) is 4.39 Å². The standard InChI is InChI=1S/C23H27ClFIO7/c24-16-4-2-13(22-21(30)20(29)19(28)18(8-27)33-22)6-14(16)5-12-1-3-15(7-17(12)26)32-11-23(25)9-31-10-23/h1-4,6,17-22,27-30H,5,7-11H2/t17?,18?,19-,20+,21-,22+/m1/s1. The number of allylic oxidation sites excluding steroid dienone is 4. The van der Waals surface area contributed by atoms with Crippen molar-refractivity contribution in [3.63, 3.8) is 0 Å². The van der Waals surface area contributed by atoms with Gasteiger partial charge in [-0.05, 0) is 29.7 Å². The normalized spacial score (nSPS) is 33.7. The zero-order chi connectivity index (χ0) is 23.8. The molecule has 2 fully saturated rings. The van der Waals surface area contributed by atoms with Gasteiger partial charge in [0, 0.05) is 15.4 Å². The van der Waals surface area contributed by atoms with Gasteiger partial charge in [-0.15, -0.1) is 0 Å². The molecule has 2 aliphatic heterocycles. The van der Waals surface area contributed by atoms with Crippen molar-refractivity contribution < 1.29 is 39.0 Å². The molecule has 33 heavy (non-hydrogen) atoms. The van der Waals surface area contributed by atoms with Crippen LogP contribution in [0, 0.1) is 0 Å². The Morgan fingerprint density at radius 2 is 1.91 bits per heavy atom. The van der Waals surface area contributed by atoms with E-state index in [9.17, 15) is 24.8 Å². The van der Waals surface area contributed by atoms with E-state index in [1.54, 1.807) is 18.2 Å². The van der Waals surface area contributed by atoms with Gasteiger partial charge in [0.15, 0.2) is 5.67 Å². The van der Waals surface area contributed by atoms with E-state index in [0.29, 0.717) is 23.4 Å². The maximum atomic E-state index is 14.1. The van der Waals surface area contributed by atoms with Crippen LogP contribution in [-0.4, -0.2) is 80.9 Å². The minimum Gasteiger partial charge on any atom is -0.494 e. The van der Waals surface area contributed by atoms with Crippen LogP contribution in [-0.2, 0) is 20.6 Å². The maximum absolute atomic E-state index is 14.1. The van der Waals surface area contributed by atoms with Crippen LogP contribution in [0.3, 0.4) is 0 Å². The molecule has 0 saturated carbocycles. The first-order valence-electron chi connectivity index (χ1n) is 10.7. The zero-order valence-corrected chi connectivity index (χ0v) is 20.7. The average molecular weight is 597 g/mol. The highest BCUT2D eigenvalue weighted by atomic mass is 127. The summed E-state index contributed by atoms with van der Waals surface area (Å²) in [5.41, 5.74) is 1.11. The van der Waals surface area contributed by atoms with Gasteiger partial charge < -0.3 is 34.6 Å². The van der Waals surface area contributed by atoms with Crippen LogP contribution in [0.5, 0.6) is 0 Å². The number of hydrogen-bond donors (Lipinski definition) is 4. The third-order valence-electron chi connectivity index (χ3n) is 6.19. The number of alkyl halides is 2. The van der Waals surface area contributed by atoms with Crippen LogP contribution < -0.4 is 0 Å². The summed E-state index contributed by atoms with van der Waals surface area (Å²) in [5.74, 6) is 0.725. The summed E-state index contributed by atoms with van der Waals surface area (Å²) in [6.07, 6.45) is -1.13. The van der Waals surface area contributed by atoms with Crippen LogP contribution >= 0.6 is 34.2 Å². The van der Waals surface area contributed by atoms with Crippen LogP contribution in [0.25, 0.3) is 0 Å². The second kappa shape index (κ2) is 10.4. The molecule has 182 valence electrons. The van der Waals surface area contributed by atoms with Gasteiger partial charge in [-0.1, -0.05) is 58.0 Å². The molecule has 3 aliphatic rings. The molecule has 0 spiro atoms. The summed E-state index contributed by atoms with van der Waals surface area (Å²) in [4.78, 5) is 0. The van der Waals surface area contributed by atoms with Gasteiger partial charge in [0.1, 0.15) is 37.1 Å². The van der Waals surface area contributed by atoms with Gasteiger partial charge in [-0.2, -0.15) is 0 Å². The molecule has 6 atom stereocenters. The molecule has 1 aromatic carbocycles. The monoisotopic (exact) mass is 596 g/mol. The Balaban J connectivity index is 1.48. The summed E-state index contributed by atoms with van der Waals surface area (Å²) in [6.45, 7) is -0.368. The molecule has 1 aliphatic carbocycles. The predicted octanol–water partition coefficient (Wildman–Crippen LogP) is 2.17. The Hall–Kier alpha value is -0.790. The van der Waals surface area contributed by atoms with E-state index < -0.39 is 42.8 Å². The van der Waals surface area contributed by atoms with Crippen molar-refractivity contribution in [3.05, 3.63) is 57.8 Å². The maximum Gasteiger partial charge on any atom is 0.190 e. The third kappa shape index (κ3) is 5.56. The number of aliphatic hydroxyl groups is 4. The molecular formula is C23H27ClFIO7. The van der Waals surface area contributed by atoms with Crippen LogP contribution in [0.1, 0.15) is 23.7 Å². The van der Waals surface area contributed by atoms with Gasteiger partial charge >= 0.3 is 0 Å². The number of ether oxygens (including phenoxy) is 3. The number of benzene rings is 1. The molecule has 0 amide bonds.